The van der Waals surface area contributed by atoms with Gasteiger partial charge in [-0.3, -0.25) is 4.79 Å². The molecule has 0 aromatic heterocycles. The van der Waals surface area contributed by atoms with E-state index >= 15 is 0 Å². The van der Waals surface area contributed by atoms with Crippen molar-refractivity contribution in [1.29, 1.82) is 0 Å². The second-order valence-corrected chi connectivity index (χ2v) is 4.52. The highest BCUT2D eigenvalue weighted by molar-refractivity contribution is 5.75. The lowest BCUT2D eigenvalue weighted by Gasteiger charge is -2.24. The van der Waals surface area contributed by atoms with Crippen LogP contribution in [0.3, 0.4) is 0 Å². The van der Waals surface area contributed by atoms with Gasteiger partial charge in [0.05, 0.1) is 18.6 Å². The van der Waals surface area contributed by atoms with Crippen LogP contribution in [0.4, 0.5) is 0 Å². The highest BCUT2D eigenvalue weighted by atomic mass is 16.5. The molecule has 3 nitrogen and oxygen atoms in total. The molecule has 2 rings (SSSR count). The molecule has 0 aromatic rings. The van der Waals surface area contributed by atoms with Gasteiger partial charge in [0.15, 0.2) is 0 Å². The van der Waals surface area contributed by atoms with E-state index in [1.807, 2.05) is 19.1 Å². The Morgan fingerprint density at radius 3 is 2.93 bits per heavy atom. The Hall–Kier alpha value is -0.830. The van der Waals surface area contributed by atoms with Crippen molar-refractivity contribution in [3.05, 3.63) is 12.2 Å². The van der Waals surface area contributed by atoms with Crippen LogP contribution in [0.15, 0.2) is 12.2 Å². The van der Waals surface area contributed by atoms with Gasteiger partial charge in [-0.2, -0.15) is 0 Å². The van der Waals surface area contributed by atoms with Gasteiger partial charge in [0.25, 0.3) is 0 Å². The average molecular weight is 196 g/mol. The number of hydrogen-bond donors (Lipinski definition) is 1. The molecule has 0 spiro atoms. The summed E-state index contributed by atoms with van der Waals surface area (Å²) in [5.74, 6) is 0.0643. The number of hydrogen-bond acceptors (Lipinski definition) is 3. The first-order chi connectivity index (χ1) is 6.56. The van der Waals surface area contributed by atoms with Gasteiger partial charge in [-0.25, -0.2) is 0 Å². The van der Waals surface area contributed by atoms with E-state index in [1.165, 1.54) is 7.11 Å². The van der Waals surface area contributed by atoms with Crippen LogP contribution in [0.5, 0.6) is 0 Å². The summed E-state index contributed by atoms with van der Waals surface area (Å²) < 4.78 is 4.74. The Morgan fingerprint density at radius 1 is 1.57 bits per heavy atom. The van der Waals surface area contributed by atoms with Gasteiger partial charge in [-0.05, 0) is 25.7 Å². The van der Waals surface area contributed by atoms with E-state index in [1.54, 1.807) is 0 Å². The molecule has 1 fully saturated rings. The van der Waals surface area contributed by atoms with Crippen molar-refractivity contribution in [2.45, 2.75) is 25.4 Å². The fraction of sp³-hybridized carbons (Fsp3) is 0.727. The minimum Gasteiger partial charge on any atom is -0.469 e. The van der Waals surface area contributed by atoms with Crippen molar-refractivity contribution in [2.75, 3.05) is 7.11 Å². The van der Waals surface area contributed by atoms with Gasteiger partial charge in [0.1, 0.15) is 0 Å². The molecule has 2 aliphatic carbocycles. The fourth-order valence-electron chi connectivity index (χ4n) is 2.79. The normalized spacial score (nSPS) is 45.2. The largest absolute Gasteiger partial charge is 0.469 e. The van der Waals surface area contributed by atoms with E-state index in [0.717, 1.165) is 12.8 Å². The van der Waals surface area contributed by atoms with Gasteiger partial charge < -0.3 is 9.84 Å². The van der Waals surface area contributed by atoms with Crippen molar-refractivity contribution in [3.8, 4) is 0 Å². The van der Waals surface area contributed by atoms with Crippen molar-refractivity contribution in [1.82, 2.24) is 0 Å². The minimum absolute atomic E-state index is 0.131. The monoisotopic (exact) mass is 196 g/mol. The third-order valence-corrected chi connectivity index (χ3v) is 3.62. The molecule has 0 heterocycles. The van der Waals surface area contributed by atoms with Gasteiger partial charge >= 0.3 is 5.97 Å². The van der Waals surface area contributed by atoms with Crippen LogP contribution in [0.25, 0.3) is 0 Å². The first-order valence-electron chi connectivity index (χ1n) is 5.05. The Bertz CT molecular complexity index is 280. The topological polar surface area (TPSA) is 46.5 Å². The maximum absolute atomic E-state index is 11.4. The Kier molecular flexibility index (Phi) is 2.14. The molecule has 3 unspecified atom stereocenters. The van der Waals surface area contributed by atoms with Crippen molar-refractivity contribution in [2.24, 2.45) is 17.8 Å². The summed E-state index contributed by atoms with van der Waals surface area (Å²) in [6.45, 7) is 1.85. The summed E-state index contributed by atoms with van der Waals surface area (Å²) in [7, 11) is 1.41. The summed E-state index contributed by atoms with van der Waals surface area (Å²) in [6, 6.07) is 0. The van der Waals surface area contributed by atoms with Crippen LogP contribution < -0.4 is 0 Å². The second-order valence-electron chi connectivity index (χ2n) is 4.52. The number of fused-ring (bicyclic) bond motifs is 1. The lowest BCUT2D eigenvalue weighted by atomic mass is 9.86. The Morgan fingerprint density at radius 2 is 2.29 bits per heavy atom. The first-order valence-corrected chi connectivity index (χ1v) is 5.05. The summed E-state index contributed by atoms with van der Waals surface area (Å²) >= 11 is 0. The van der Waals surface area contributed by atoms with Crippen molar-refractivity contribution >= 4 is 5.97 Å². The number of aliphatic hydroxyl groups is 1. The van der Waals surface area contributed by atoms with E-state index in [-0.39, 0.29) is 23.7 Å². The molecule has 78 valence electrons. The van der Waals surface area contributed by atoms with Gasteiger partial charge in [-0.15, -0.1) is 0 Å². The number of esters is 1. The van der Waals surface area contributed by atoms with Crippen LogP contribution in [0.2, 0.25) is 0 Å². The number of ether oxygens (including phenoxy) is 1. The SMILES string of the molecule is COC(=O)C1C=CC2C1CC[C@]2(C)O. The Balaban J connectivity index is 2.16. The zero-order valence-electron chi connectivity index (χ0n) is 8.56. The zero-order chi connectivity index (χ0) is 10.3. The highest BCUT2D eigenvalue weighted by Crippen LogP contribution is 2.48. The number of methoxy groups -OCH3 is 1. The van der Waals surface area contributed by atoms with Crippen molar-refractivity contribution in [3.63, 3.8) is 0 Å². The molecular weight excluding hydrogens is 180 g/mol. The number of rotatable bonds is 1. The van der Waals surface area contributed by atoms with Crippen LogP contribution in [0.1, 0.15) is 19.8 Å². The summed E-state index contributed by atoms with van der Waals surface area (Å²) in [4.78, 5) is 11.4. The Labute approximate surface area is 83.8 Å². The third-order valence-electron chi connectivity index (χ3n) is 3.62. The number of carbonyl (C=O) groups excluding carboxylic acids is 1. The molecule has 1 N–H and O–H groups in total. The maximum atomic E-state index is 11.4. The summed E-state index contributed by atoms with van der Waals surface area (Å²) in [6.07, 6.45) is 5.54. The lowest BCUT2D eigenvalue weighted by Crippen LogP contribution is -2.31. The van der Waals surface area contributed by atoms with Crippen LogP contribution >= 0.6 is 0 Å². The van der Waals surface area contributed by atoms with Crippen molar-refractivity contribution < 1.29 is 14.6 Å². The molecule has 14 heavy (non-hydrogen) atoms. The van der Waals surface area contributed by atoms with Gasteiger partial charge in [0, 0.05) is 5.92 Å². The molecule has 0 bridgehead atoms. The van der Waals surface area contributed by atoms with E-state index in [0.29, 0.717) is 0 Å². The molecule has 0 saturated heterocycles. The lowest BCUT2D eigenvalue weighted by molar-refractivity contribution is -0.145. The van der Waals surface area contributed by atoms with Gasteiger partial charge in [0.2, 0.25) is 0 Å². The van der Waals surface area contributed by atoms with E-state index in [2.05, 4.69) is 0 Å². The third kappa shape index (κ3) is 1.27. The zero-order valence-corrected chi connectivity index (χ0v) is 8.56. The molecule has 1 saturated carbocycles. The predicted octanol–water partition coefficient (Wildman–Crippen LogP) is 1.12. The van der Waals surface area contributed by atoms with Crippen LogP contribution in [-0.4, -0.2) is 23.8 Å². The summed E-state index contributed by atoms with van der Waals surface area (Å²) in [5, 5.41) is 10.0. The van der Waals surface area contributed by atoms with Gasteiger partial charge in [-0.1, -0.05) is 12.2 Å². The smallest absolute Gasteiger partial charge is 0.312 e. The molecular formula is C11H16O3. The van der Waals surface area contributed by atoms with Crippen LogP contribution in [0, 0.1) is 17.8 Å². The molecule has 4 atom stereocenters. The fourth-order valence-corrected chi connectivity index (χ4v) is 2.79. The predicted molar refractivity (Wildman–Crippen MR) is 51.5 cm³/mol. The van der Waals surface area contributed by atoms with E-state index < -0.39 is 5.60 Å². The quantitative estimate of drug-likeness (QED) is 0.505. The molecule has 2 aliphatic rings. The molecule has 0 aromatic carbocycles. The molecule has 0 amide bonds. The standard InChI is InChI=1S/C11H16O3/c1-11(13)6-5-7-8(10(12)14-2)3-4-9(7)11/h3-4,7-9,13H,5-6H2,1-2H3/t7?,8?,9?,11-/m0/s1. The number of carbonyl (C=O) groups is 1. The minimum atomic E-state index is -0.635. The highest BCUT2D eigenvalue weighted by Gasteiger charge is 2.49. The molecule has 0 aliphatic heterocycles. The maximum Gasteiger partial charge on any atom is 0.312 e. The molecule has 0 radical (unpaired) electrons. The first kappa shape index (κ1) is 9.71. The van der Waals surface area contributed by atoms with E-state index in [9.17, 15) is 9.90 Å². The van der Waals surface area contributed by atoms with E-state index in [4.69, 9.17) is 4.74 Å². The molecule has 3 heteroatoms. The average Bonchev–Trinajstić information content (AvgIpc) is 2.67. The second kappa shape index (κ2) is 3.09. The summed E-state index contributed by atoms with van der Waals surface area (Å²) in [5.41, 5.74) is -0.635. The van der Waals surface area contributed by atoms with Crippen LogP contribution in [-0.2, 0) is 9.53 Å².